The molecule has 2 aromatic carbocycles. The van der Waals surface area contributed by atoms with Gasteiger partial charge in [0.15, 0.2) is 0 Å². The van der Waals surface area contributed by atoms with Crippen LogP contribution < -0.4 is 5.32 Å². The monoisotopic (exact) mass is 379 g/mol. The van der Waals surface area contributed by atoms with E-state index in [0.29, 0.717) is 17.1 Å². The van der Waals surface area contributed by atoms with E-state index < -0.39 is 0 Å². The lowest BCUT2D eigenvalue weighted by atomic mass is 9.85. The number of hydrogen-bond donors (Lipinski definition) is 1. The van der Waals surface area contributed by atoms with Crippen LogP contribution in [0.5, 0.6) is 0 Å². The zero-order valence-corrected chi connectivity index (χ0v) is 15.0. The molecule has 0 fully saturated rings. The highest BCUT2D eigenvalue weighted by molar-refractivity contribution is 9.10. The molecular formula is C18H19BrClNO. The van der Waals surface area contributed by atoms with Gasteiger partial charge in [0, 0.05) is 11.0 Å². The SMILES string of the molecule is CC(C)(CNC(=O)c1ccccc1Cl)Cc1ccc(Br)cc1. The van der Waals surface area contributed by atoms with Crippen molar-refractivity contribution in [1.29, 1.82) is 0 Å². The van der Waals surface area contributed by atoms with E-state index in [1.807, 2.05) is 24.3 Å². The summed E-state index contributed by atoms with van der Waals surface area (Å²) in [4.78, 5) is 12.2. The standard InChI is InChI=1S/C18H19BrClNO/c1-18(2,11-13-7-9-14(19)10-8-13)12-21-17(22)15-5-3-4-6-16(15)20/h3-10H,11-12H2,1-2H3,(H,21,22). The molecule has 2 rings (SSSR count). The van der Waals surface area contributed by atoms with Crippen LogP contribution >= 0.6 is 27.5 Å². The average molecular weight is 381 g/mol. The lowest BCUT2D eigenvalue weighted by Crippen LogP contribution is -2.35. The largest absolute Gasteiger partial charge is 0.351 e. The van der Waals surface area contributed by atoms with Crippen LogP contribution in [0.4, 0.5) is 0 Å². The Morgan fingerprint density at radius 3 is 2.41 bits per heavy atom. The van der Waals surface area contributed by atoms with E-state index in [1.165, 1.54) is 5.56 Å². The normalized spacial score (nSPS) is 11.3. The molecule has 2 nitrogen and oxygen atoms in total. The molecule has 22 heavy (non-hydrogen) atoms. The first-order chi connectivity index (χ1) is 10.4. The number of rotatable bonds is 5. The highest BCUT2D eigenvalue weighted by Crippen LogP contribution is 2.23. The van der Waals surface area contributed by atoms with Gasteiger partial charge in [-0.2, -0.15) is 0 Å². The third-order valence-corrected chi connectivity index (χ3v) is 4.30. The van der Waals surface area contributed by atoms with Gasteiger partial charge in [0.1, 0.15) is 0 Å². The van der Waals surface area contributed by atoms with Crippen LogP contribution in [0.3, 0.4) is 0 Å². The summed E-state index contributed by atoms with van der Waals surface area (Å²) in [5.41, 5.74) is 1.73. The summed E-state index contributed by atoms with van der Waals surface area (Å²) < 4.78 is 1.07. The van der Waals surface area contributed by atoms with Crippen molar-refractivity contribution in [3.05, 3.63) is 69.2 Å². The molecule has 116 valence electrons. The Morgan fingerprint density at radius 1 is 1.14 bits per heavy atom. The minimum atomic E-state index is -0.130. The minimum absolute atomic E-state index is 0.0370. The van der Waals surface area contributed by atoms with E-state index in [9.17, 15) is 4.79 Å². The van der Waals surface area contributed by atoms with Gasteiger partial charge in [-0.3, -0.25) is 4.79 Å². The van der Waals surface area contributed by atoms with Crippen LogP contribution in [0, 0.1) is 5.41 Å². The summed E-state index contributed by atoms with van der Waals surface area (Å²) in [6, 6.07) is 15.4. The maximum atomic E-state index is 12.2. The second-order valence-electron chi connectivity index (χ2n) is 6.13. The quantitative estimate of drug-likeness (QED) is 0.768. The molecule has 0 unspecified atom stereocenters. The maximum Gasteiger partial charge on any atom is 0.252 e. The van der Waals surface area contributed by atoms with Gasteiger partial charge < -0.3 is 5.32 Å². The van der Waals surface area contributed by atoms with Crippen molar-refractivity contribution in [2.45, 2.75) is 20.3 Å². The van der Waals surface area contributed by atoms with Crippen LogP contribution in [0.2, 0.25) is 5.02 Å². The second kappa shape index (κ2) is 7.30. The summed E-state index contributed by atoms with van der Waals surface area (Å²) in [6.07, 6.45) is 0.892. The lowest BCUT2D eigenvalue weighted by Gasteiger charge is -2.25. The number of carbonyl (C=O) groups is 1. The molecule has 0 atom stereocenters. The first-order valence-corrected chi connectivity index (χ1v) is 8.32. The van der Waals surface area contributed by atoms with Crippen molar-refractivity contribution >= 4 is 33.4 Å². The summed E-state index contributed by atoms with van der Waals surface area (Å²) in [5.74, 6) is -0.130. The van der Waals surface area contributed by atoms with Gasteiger partial charge in [0.2, 0.25) is 0 Å². The molecule has 0 heterocycles. The molecule has 0 saturated carbocycles. The van der Waals surface area contributed by atoms with E-state index in [2.05, 4.69) is 47.2 Å². The Hall–Kier alpha value is -1.32. The predicted octanol–water partition coefficient (Wildman–Crippen LogP) is 5.10. The second-order valence-corrected chi connectivity index (χ2v) is 7.45. The lowest BCUT2D eigenvalue weighted by molar-refractivity contribution is 0.0936. The molecule has 0 aliphatic carbocycles. The molecule has 0 aliphatic heterocycles. The van der Waals surface area contributed by atoms with Crippen LogP contribution in [0.1, 0.15) is 29.8 Å². The number of hydrogen-bond acceptors (Lipinski definition) is 1. The van der Waals surface area contributed by atoms with Crippen molar-refractivity contribution in [1.82, 2.24) is 5.32 Å². The van der Waals surface area contributed by atoms with Crippen molar-refractivity contribution in [3.8, 4) is 0 Å². The summed E-state index contributed by atoms with van der Waals surface area (Å²) in [5, 5.41) is 3.46. The Morgan fingerprint density at radius 2 is 1.77 bits per heavy atom. The molecule has 2 aromatic rings. The van der Waals surface area contributed by atoms with Crippen molar-refractivity contribution < 1.29 is 4.79 Å². The number of amides is 1. The molecule has 0 aliphatic rings. The van der Waals surface area contributed by atoms with Crippen LogP contribution in [0.25, 0.3) is 0 Å². The molecule has 1 N–H and O–H groups in total. The number of halogens is 2. The van der Waals surface area contributed by atoms with Crippen LogP contribution in [-0.2, 0) is 6.42 Å². The van der Waals surface area contributed by atoms with Gasteiger partial charge in [-0.25, -0.2) is 0 Å². The fourth-order valence-corrected chi connectivity index (χ4v) is 2.76. The number of benzene rings is 2. The smallest absolute Gasteiger partial charge is 0.252 e. The fourth-order valence-electron chi connectivity index (χ4n) is 2.28. The topological polar surface area (TPSA) is 29.1 Å². The Balaban J connectivity index is 1.96. The highest BCUT2D eigenvalue weighted by atomic mass is 79.9. The van der Waals surface area contributed by atoms with E-state index in [-0.39, 0.29) is 11.3 Å². The van der Waals surface area contributed by atoms with Gasteiger partial charge in [0.25, 0.3) is 5.91 Å². The average Bonchev–Trinajstić information content (AvgIpc) is 2.48. The summed E-state index contributed by atoms with van der Waals surface area (Å²) >= 11 is 9.49. The molecule has 4 heteroatoms. The van der Waals surface area contributed by atoms with Crippen molar-refractivity contribution in [2.75, 3.05) is 6.54 Å². The third-order valence-electron chi connectivity index (χ3n) is 3.44. The predicted molar refractivity (Wildman–Crippen MR) is 95.4 cm³/mol. The van der Waals surface area contributed by atoms with Crippen molar-refractivity contribution in [2.24, 2.45) is 5.41 Å². The summed E-state index contributed by atoms with van der Waals surface area (Å²) in [6.45, 7) is 4.87. The molecule has 0 bridgehead atoms. The molecule has 0 aromatic heterocycles. The van der Waals surface area contributed by atoms with E-state index in [0.717, 1.165) is 10.9 Å². The first-order valence-electron chi connectivity index (χ1n) is 7.15. The molecule has 0 spiro atoms. The Kier molecular flexibility index (Phi) is 5.65. The van der Waals surface area contributed by atoms with Gasteiger partial charge in [-0.05, 0) is 41.7 Å². The van der Waals surface area contributed by atoms with Crippen LogP contribution in [-0.4, -0.2) is 12.5 Å². The van der Waals surface area contributed by atoms with Crippen molar-refractivity contribution in [3.63, 3.8) is 0 Å². The molecule has 0 radical (unpaired) electrons. The van der Waals surface area contributed by atoms with Crippen LogP contribution in [0.15, 0.2) is 53.0 Å². The van der Waals surface area contributed by atoms with E-state index in [4.69, 9.17) is 11.6 Å². The first kappa shape index (κ1) is 17.0. The molecule has 0 saturated heterocycles. The zero-order chi connectivity index (χ0) is 16.2. The third kappa shape index (κ3) is 4.85. The van der Waals surface area contributed by atoms with Gasteiger partial charge in [-0.15, -0.1) is 0 Å². The van der Waals surface area contributed by atoms with Gasteiger partial charge in [-0.1, -0.05) is 65.6 Å². The van der Waals surface area contributed by atoms with E-state index in [1.54, 1.807) is 12.1 Å². The van der Waals surface area contributed by atoms with Gasteiger partial charge >= 0.3 is 0 Å². The number of carbonyl (C=O) groups excluding carboxylic acids is 1. The zero-order valence-electron chi connectivity index (χ0n) is 12.7. The van der Waals surface area contributed by atoms with Gasteiger partial charge in [0.05, 0.1) is 10.6 Å². The molecule has 1 amide bonds. The summed E-state index contributed by atoms with van der Waals surface area (Å²) in [7, 11) is 0. The number of nitrogens with one attached hydrogen (secondary N) is 1. The Bertz CT molecular complexity index is 652. The Labute approximate surface area is 145 Å². The molecular weight excluding hydrogens is 362 g/mol. The van der Waals surface area contributed by atoms with E-state index >= 15 is 0 Å². The maximum absolute atomic E-state index is 12.2. The highest BCUT2D eigenvalue weighted by Gasteiger charge is 2.20. The minimum Gasteiger partial charge on any atom is -0.351 e. The fraction of sp³-hybridized carbons (Fsp3) is 0.278.